The summed E-state index contributed by atoms with van der Waals surface area (Å²) in [6, 6.07) is 8.68. The average molecular weight is 324 g/mol. The lowest BCUT2D eigenvalue weighted by molar-refractivity contribution is -0.116. The number of methoxy groups -OCH3 is 1. The van der Waals surface area contributed by atoms with E-state index in [1.165, 1.54) is 7.11 Å². The Kier molecular flexibility index (Phi) is 4.09. The van der Waals surface area contributed by atoms with Crippen LogP contribution in [-0.4, -0.2) is 18.9 Å². The molecule has 1 aliphatic carbocycles. The number of ether oxygens (including phenoxy) is 2. The number of carbonyl (C=O) groups excluding carboxylic acids is 2. The third-order valence-corrected chi connectivity index (χ3v) is 4.27. The van der Waals surface area contributed by atoms with Gasteiger partial charge < -0.3 is 15.2 Å². The number of allylic oxidation sites excluding steroid dienone is 3. The van der Waals surface area contributed by atoms with Gasteiger partial charge in [0.25, 0.3) is 0 Å². The Morgan fingerprint density at radius 2 is 2.04 bits per heavy atom. The molecule has 3 rings (SSSR count). The van der Waals surface area contributed by atoms with Crippen LogP contribution in [0.2, 0.25) is 0 Å². The fourth-order valence-corrected chi connectivity index (χ4v) is 3.12. The van der Waals surface area contributed by atoms with E-state index in [9.17, 15) is 14.9 Å². The first-order chi connectivity index (χ1) is 11.6. The van der Waals surface area contributed by atoms with Crippen molar-refractivity contribution in [3.05, 3.63) is 58.2 Å². The Hall–Kier alpha value is -3.07. The van der Waals surface area contributed by atoms with E-state index in [2.05, 4.69) is 10.8 Å². The van der Waals surface area contributed by atoms with Gasteiger partial charge >= 0.3 is 5.97 Å². The monoisotopic (exact) mass is 324 g/mol. The summed E-state index contributed by atoms with van der Waals surface area (Å²) < 4.78 is 10.2. The fraction of sp³-hybridized carbons (Fsp3) is 0.278. The molecule has 1 aromatic rings. The minimum atomic E-state index is -0.557. The molecular formula is C18H16N2O4. The molecule has 24 heavy (non-hydrogen) atoms. The Morgan fingerprint density at radius 1 is 1.33 bits per heavy atom. The topological polar surface area (TPSA) is 102 Å². The second-order valence-electron chi connectivity index (χ2n) is 5.65. The third-order valence-electron chi connectivity index (χ3n) is 4.27. The first-order valence-electron chi connectivity index (χ1n) is 7.59. The lowest BCUT2D eigenvalue weighted by atomic mass is 9.77. The van der Waals surface area contributed by atoms with Crippen LogP contribution in [0.1, 0.15) is 41.1 Å². The minimum absolute atomic E-state index is 0.0291. The zero-order valence-electron chi connectivity index (χ0n) is 13.2. The predicted octanol–water partition coefficient (Wildman–Crippen LogP) is 2.29. The molecule has 0 bridgehead atoms. The van der Waals surface area contributed by atoms with Gasteiger partial charge in [-0.05, 0) is 24.1 Å². The van der Waals surface area contributed by atoms with Crippen molar-refractivity contribution in [3.8, 4) is 6.07 Å². The summed E-state index contributed by atoms with van der Waals surface area (Å²) in [7, 11) is 1.31. The molecule has 2 aliphatic rings. The number of esters is 1. The van der Waals surface area contributed by atoms with Crippen LogP contribution in [0.3, 0.4) is 0 Å². The van der Waals surface area contributed by atoms with Crippen LogP contribution >= 0.6 is 0 Å². The maximum absolute atomic E-state index is 12.4. The second-order valence-corrected chi connectivity index (χ2v) is 5.65. The van der Waals surface area contributed by atoms with Gasteiger partial charge in [-0.15, -0.1) is 0 Å². The number of carbonyl (C=O) groups is 2. The molecule has 6 heteroatoms. The smallest absolute Gasteiger partial charge is 0.337 e. The highest BCUT2D eigenvalue weighted by molar-refractivity contribution is 5.99. The molecule has 1 heterocycles. The predicted molar refractivity (Wildman–Crippen MR) is 84.3 cm³/mol. The molecule has 0 spiro atoms. The van der Waals surface area contributed by atoms with Gasteiger partial charge in [0.05, 0.1) is 18.6 Å². The van der Waals surface area contributed by atoms with Gasteiger partial charge in [-0.1, -0.05) is 12.1 Å². The number of nitrogens with two attached hydrogens (primary N) is 1. The third kappa shape index (κ3) is 2.54. The highest BCUT2D eigenvalue weighted by Gasteiger charge is 2.37. The second kappa shape index (κ2) is 6.20. The Bertz CT molecular complexity index is 812. The van der Waals surface area contributed by atoms with Crippen molar-refractivity contribution in [2.75, 3.05) is 7.11 Å². The zero-order chi connectivity index (χ0) is 17.3. The molecule has 6 nitrogen and oxygen atoms in total. The number of Topliss-reactive ketones (excluding diaryl/α,β-unsaturated/α-hetero) is 1. The molecule has 1 aliphatic heterocycles. The summed E-state index contributed by atoms with van der Waals surface area (Å²) in [5.41, 5.74) is 7.71. The van der Waals surface area contributed by atoms with Crippen LogP contribution in [0.5, 0.6) is 0 Å². The molecule has 0 saturated carbocycles. The molecule has 0 aromatic heterocycles. The van der Waals surface area contributed by atoms with Crippen molar-refractivity contribution >= 4 is 11.8 Å². The normalized spacial score (nSPS) is 20.2. The van der Waals surface area contributed by atoms with Crippen molar-refractivity contribution in [2.24, 2.45) is 5.73 Å². The number of benzene rings is 1. The van der Waals surface area contributed by atoms with E-state index in [1.54, 1.807) is 24.3 Å². The standard InChI is InChI=1S/C18H16N2O4/c1-23-18(22)11-7-5-10(6-8-11)15-12(9-19)17(20)24-14-4-2-3-13(21)16(14)15/h5-8,15H,2-4,20H2,1H3/t15-/m0/s1. The van der Waals surface area contributed by atoms with E-state index in [1.807, 2.05) is 0 Å². The summed E-state index contributed by atoms with van der Waals surface area (Å²) in [4.78, 5) is 24.0. The number of nitriles is 1. The zero-order valence-corrected chi connectivity index (χ0v) is 13.2. The van der Waals surface area contributed by atoms with E-state index in [-0.39, 0.29) is 17.2 Å². The maximum atomic E-state index is 12.4. The lowest BCUT2D eigenvalue weighted by Gasteiger charge is -2.31. The van der Waals surface area contributed by atoms with Crippen LogP contribution in [0.4, 0.5) is 0 Å². The molecule has 2 N–H and O–H groups in total. The van der Waals surface area contributed by atoms with Crippen LogP contribution < -0.4 is 5.73 Å². The van der Waals surface area contributed by atoms with E-state index in [0.29, 0.717) is 41.7 Å². The van der Waals surface area contributed by atoms with Crippen molar-refractivity contribution in [1.82, 2.24) is 0 Å². The number of hydrogen-bond acceptors (Lipinski definition) is 6. The molecular weight excluding hydrogens is 308 g/mol. The Balaban J connectivity index is 2.09. The number of ketones is 1. The Labute approximate surface area is 139 Å². The van der Waals surface area contributed by atoms with E-state index in [0.717, 1.165) is 0 Å². The van der Waals surface area contributed by atoms with Crippen molar-refractivity contribution in [3.63, 3.8) is 0 Å². The summed E-state index contributed by atoms with van der Waals surface area (Å²) >= 11 is 0. The van der Waals surface area contributed by atoms with E-state index < -0.39 is 11.9 Å². The number of nitrogens with zero attached hydrogens (tertiary/aromatic N) is 1. The first kappa shape index (κ1) is 15.8. The number of hydrogen-bond donors (Lipinski definition) is 1. The molecule has 0 saturated heterocycles. The van der Waals surface area contributed by atoms with E-state index >= 15 is 0 Å². The highest BCUT2D eigenvalue weighted by Crippen LogP contribution is 2.43. The van der Waals surface area contributed by atoms with Crippen LogP contribution in [0.15, 0.2) is 47.1 Å². The highest BCUT2D eigenvalue weighted by atomic mass is 16.5. The summed E-state index contributed by atoms with van der Waals surface area (Å²) in [6.45, 7) is 0. The average Bonchev–Trinajstić information content (AvgIpc) is 2.60. The molecule has 0 fully saturated rings. The van der Waals surface area contributed by atoms with E-state index in [4.69, 9.17) is 10.5 Å². The quantitative estimate of drug-likeness (QED) is 0.837. The van der Waals surface area contributed by atoms with Gasteiger partial charge in [0.1, 0.15) is 17.4 Å². The summed E-state index contributed by atoms with van der Waals surface area (Å²) in [5.74, 6) is -0.452. The molecule has 0 amide bonds. The van der Waals surface area contributed by atoms with Crippen molar-refractivity contribution in [1.29, 1.82) is 5.26 Å². The van der Waals surface area contributed by atoms with Gasteiger partial charge in [-0.25, -0.2) is 4.79 Å². The van der Waals surface area contributed by atoms with Crippen molar-refractivity contribution < 1.29 is 19.1 Å². The molecule has 0 unspecified atom stereocenters. The Morgan fingerprint density at radius 3 is 2.67 bits per heavy atom. The van der Waals surface area contributed by atoms with Crippen molar-refractivity contribution in [2.45, 2.75) is 25.2 Å². The molecule has 1 aromatic carbocycles. The summed E-state index contributed by atoms with van der Waals surface area (Å²) in [5, 5.41) is 9.47. The van der Waals surface area contributed by atoms with Gasteiger partial charge in [-0.2, -0.15) is 5.26 Å². The van der Waals surface area contributed by atoms with Gasteiger partial charge in [0.2, 0.25) is 5.88 Å². The van der Waals surface area contributed by atoms with Crippen LogP contribution in [0.25, 0.3) is 0 Å². The van der Waals surface area contributed by atoms with Gasteiger partial charge in [0.15, 0.2) is 5.78 Å². The summed E-state index contributed by atoms with van der Waals surface area (Å²) in [6.07, 6.45) is 1.76. The lowest BCUT2D eigenvalue weighted by Crippen LogP contribution is -2.27. The first-order valence-corrected chi connectivity index (χ1v) is 7.59. The van der Waals surface area contributed by atoms with Gasteiger partial charge in [-0.3, -0.25) is 4.79 Å². The minimum Gasteiger partial charge on any atom is -0.465 e. The SMILES string of the molecule is COC(=O)c1ccc([C@H]2C(C#N)=C(N)OC3=C2C(=O)CCC3)cc1. The maximum Gasteiger partial charge on any atom is 0.337 e. The molecule has 0 radical (unpaired) electrons. The van der Waals surface area contributed by atoms with Crippen LogP contribution in [-0.2, 0) is 14.3 Å². The molecule has 122 valence electrons. The largest absolute Gasteiger partial charge is 0.465 e. The molecule has 1 atom stereocenters. The number of rotatable bonds is 2. The fourth-order valence-electron chi connectivity index (χ4n) is 3.12. The van der Waals surface area contributed by atoms with Gasteiger partial charge in [0, 0.05) is 18.4 Å². The van der Waals surface area contributed by atoms with Crippen LogP contribution in [0, 0.1) is 11.3 Å².